The van der Waals surface area contributed by atoms with Gasteiger partial charge >= 0.3 is 12.0 Å². The number of hydrogen-bond donors (Lipinski definition) is 1. The summed E-state index contributed by atoms with van der Waals surface area (Å²) < 4.78 is 9.66. The first-order valence-corrected chi connectivity index (χ1v) is 6.01. The predicted molar refractivity (Wildman–Crippen MR) is 69.5 cm³/mol. The van der Waals surface area contributed by atoms with E-state index in [0.717, 1.165) is 0 Å². The molecule has 0 radical (unpaired) electrons. The van der Waals surface area contributed by atoms with E-state index in [1.165, 1.54) is 12.0 Å². The van der Waals surface area contributed by atoms with E-state index < -0.39 is 12.0 Å². The van der Waals surface area contributed by atoms with Crippen molar-refractivity contribution in [1.82, 2.24) is 5.32 Å². The quantitative estimate of drug-likeness (QED) is 0.819. The number of ether oxygens (including phenoxy) is 2. The van der Waals surface area contributed by atoms with Crippen molar-refractivity contribution in [1.29, 1.82) is 0 Å². The molecule has 1 aliphatic heterocycles. The molecule has 1 fully saturated rings. The Hall–Kier alpha value is -2.57. The van der Waals surface area contributed by atoms with Crippen LogP contribution in [0.4, 0.5) is 10.5 Å². The Labute approximate surface area is 115 Å². The Morgan fingerprint density at radius 1 is 1.30 bits per heavy atom. The highest BCUT2D eigenvalue weighted by molar-refractivity contribution is 6.05. The second-order valence-electron chi connectivity index (χ2n) is 4.11. The van der Waals surface area contributed by atoms with Crippen LogP contribution in [0.5, 0.6) is 5.75 Å². The zero-order valence-electron chi connectivity index (χ0n) is 10.9. The minimum Gasteiger partial charge on any atom is -0.482 e. The fourth-order valence-corrected chi connectivity index (χ4v) is 1.73. The molecule has 3 amide bonds. The van der Waals surface area contributed by atoms with Gasteiger partial charge in [0.25, 0.3) is 0 Å². The molecule has 0 bridgehead atoms. The van der Waals surface area contributed by atoms with E-state index in [4.69, 9.17) is 4.74 Å². The molecule has 7 nitrogen and oxygen atoms in total. The van der Waals surface area contributed by atoms with E-state index in [0.29, 0.717) is 18.0 Å². The number of rotatable bonds is 4. The summed E-state index contributed by atoms with van der Waals surface area (Å²) in [4.78, 5) is 35.1. The summed E-state index contributed by atoms with van der Waals surface area (Å²) >= 11 is 0. The third-order valence-corrected chi connectivity index (χ3v) is 2.79. The molecule has 0 atom stereocenters. The second-order valence-corrected chi connectivity index (χ2v) is 4.11. The Balaban J connectivity index is 1.99. The van der Waals surface area contributed by atoms with E-state index in [1.54, 1.807) is 24.3 Å². The highest BCUT2D eigenvalue weighted by atomic mass is 16.6. The number of anilines is 1. The Kier molecular flexibility index (Phi) is 4.19. The molecule has 1 aromatic rings. The fourth-order valence-electron chi connectivity index (χ4n) is 1.73. The van der Waals surface area contributed by atoms with Crippen molar-refractivity contribution in [3.8, 4) is 5.75 Å². The van der Waals surface area contributed by atoms with Crippen LogP contribution < -0.4 is 15.0 Å². The number of hydrogen-bond acceptors (Lipinski definition) is 5. The van der Waals surface area contributed by atoms with Gasteiger partial charge < -0.3 is 9.47 Å². The molecule has 20 heavy (non-hydrogen) atoms. The maximum Gasteiger partial charge on any atom is 0.343 e. The van der Waals surface area contributed by atoms with Crippen LogP contribution in [0.15, 0.2) is 24.3 Å². The van der Waals surface area contributed by atoms with E-state index in [9.17, 15) is 14.4 Å². The van der Waals surface area contributed by atoms with Gasteiger partial charge in [0.15, 0.2) is 6.61 Å². The molecule has 2 rings (SSSR count). The molecule has 1 saturated heterocycles. The van der Waals surface area contributed by atoms with Crippen LogP contribution in [0.3, 0.4) is 0 Å². The fraction of sp³-hybridized carbons (Fsp3) is 0.308. The van der Waals surface area contributed by atoms with Crippen molar-refractivity contribution in [2.24, 2.45) is 0 Å². The third kappa shape index (κ3) is 3.25. The van der Waals surface area contributed by atoms with E-state index in [2.05, 4.69) is 10.1 Å². The number of nitrogens with zero attached hydrogens (tertiary/aromatic N) is 1. The van der Waals surface area contributed by atoms with Gasteiger partial charge in [0.05, 0.1) is 7.11 Å². The molecular weight excluding hydrogens is 264 g/mol. The van der Waals surface area contributed by atoms with Gasteiger partial charge in [-0.2, -0.15) is 0 Å². The normalized spacial score (nSPS) is 14.8. The first-order chi connectivity index (χ1) is 9.60. The molecule has 7 heteroatoms. The molecule has 1 heterocycles. The zero-order chi connectivity index (χ0) is 14.5. The molecular formula is C13H14N2O5. The number of nitrogens with one attached hydrogen (secondary N) is 1. The standard InChI is InChI=1S/C13H14N2O5/c1-19-12(17)8-20-10-4-2-9(3-5-10)15-7-6-11(16)14-13(15)18/h2-5H,6-8H2,1H3,(H,14,16,18). The Morgan fingerprint density at radius 2 is 2.00 bits per heavy atom. The van der Waals surface area contributed by atoms with E-state index in [1.807, 2.05) is 0 Å². The van der Waals surface area contributed by atoms with Gasteiger partial charge in [0.2, 0.25) is 5.91 Å². The first kappa shape index (κ1) is 13.9. The van der Waals surface area contributed by atoms with Gasteiger partial charge in [-0.05, 0) is 24.3 Å². The van der Waals surface area contributed by atoms with Gasteiger partial charge in [-0.3, -0.25) is 15.0 Å². The molecule has 1 aromatic carbocycles. The maximum absolute atomic E-state index is 11.6. The van der Waals surface area contributed by atoms with Crippen molar-refractivity contribution in [3.05, 3.63) is 24.3 Å². The minimum absolute atomic E-state index is 0.172. The van der Waals surface area contributed by atoms with Crippen LogP contribution >= 0.6 is 0 Å². The lowest BCUT2D eigenvalue weighted by Crippen LogP contribution is -2.49. The number of carbonyl (C=O) groups is 3. The van der Waals surface area contributed by atoms with Crippen LogP contribution in [0.2, 0.25) is 0 Å². The van der Waals surface area contributed by atoms with Crippen LogP contribution in [-0.2, 0) is 14.3 Å². The number of esters is 1. The lowest BCUT2D eigenvalue weighted by molar-refractivity contribution is -0.142. The van der Waals surface area contributed by atoms with Crippen LogP contribution in [0.1, 0.15) is 6.42 Å². The number of amides is 3. The molecule has 1 N–H and O–H groups in total. The van der Waals surface area contributed by atoms with Crippen LogP contribution in [-0.4, -0.2) is 38.2 Å². The van der Waals surface area contributed by atoms with Gasteiger partial charge in [-0.1, -0.05) is 0 Å². The average Bonchev–Trinajstić information content (AvgIpc) is 2.45. The summed E-state index contributed by atoms with van der Waals surface area (Å²) in [6.45, 7) is 0.168. The number of urea groups is 1. The highest BCUT2D eigenvalue weighted by Crippen LogP contribution is 2.21. The summed E-state index contributed by atoms with van der Waals surface area (Å²) in [5.74, 6) is -0.250. The van der Waals surface area contributed by atoms with Crippen molar-refractivity contribution >= 4 is 23.6 Å². The largest absolute Gasteiger partial charge is 0.482 e. The summed E-state index contributed by atoms with van der Waals surface area (Å²) in [7, 11) is 1.28. The Morgan fingerprint density at radius 3 is 2.60 bits per heavy atom. The topological polar surface area (TPSA) is 84.9 Å². The zero-order valence-corrected chi connectivity index (χ0v) is 10.9. The van der Waals surface area contributed by atoms with Crippen molar-refractivity contribution < 1.29 is 23.9 Å². The number of methoxy groups -OCH3 is 1. The summed E-state index contributed by atoms with van der Waals surface area (Å²) in [6.07, 6.45) is 0.270. The highest BCUT2D eigenvalue weighted by Gasteiger charge is 2.23. The number of imide groups is 1. The van der Waals surface area contributed by atoms with Crippen molar-refractivity contribution in [2.75, 3.05) is 25.2 Å². The Bertz CT molecular complexity index is 526. The molecule has 0 unspecified atom stereocenters. The van der Waals surface area contributed by atoms with E-state index in [-0.39, 0.29) is 18.9 Å². The maximum atomic E-state index is 11.6. The molecule has 106 valence electrons. The van der Waals surface area contributed by atoms with Crippen molar-refractivity contribution in [2.45, 2.75) is 6.42 Å². The van der Waals surface area contributed by atoms with Gasteiger partial charge in [0.1, 0.15) is 5.75 Å². The number of benzene rings is 1. The molecule has 0 spiro atoms. The molecule has 0 saturated carbocycles. The smallest absolute Gasteiger partial charge is 0.343 e. The summed E-state index contributed by atoms with van der Waals surface area (Å²) in [5.41, 5.74) is 0.653. The molecule has 0 aromatic heterocycles. The summed E-state index contributed by atoms with van der Waals surface area (Å²) in [5, 5.41) is 2.25. The van der Waals surface area contributed by atoms with E-state index >= 15 is 0 Å². The van der Waals surface area contributed by atoms with Crippen LogP contribution in [0.25, 0.3) is 0 Å². The van der Waals surface area contributed by atoms with Crippen LogP contribution in [0, 0.1) is 0 Å². The second kappa shape index (κ2) is 6.05. The lowest BCUT2D eigenvalue weighted by Gasteiger charge is -2.26. The minimum atomic E-state index is -0.469. The first-order valence-electron chi connectivity index (χ1n) is 6.01. The molecule has 1 aliphatic rings. The SMILES string of the molecule is COC(=O)COc1ccc(N2CCC(=O)NC2=O)cc1. The third-order valence-electron chi connectivity index (χ3n) is 2.79. The number of carbonyl (C=O) groups excluding carboxylic acids is 3. The van der Waals surface area contributed by atoms with Gasteiger partial charge in [-0.25, -0.2) is 9.59 Å². The van der Waals surface area contributed by atoms with Gasteiger partial charge in [-0.15, -0.1) is 0 Å². The average molecular weight is 278 g/mol. The monoisotopic (exact) mass is 278 g/mol. The summed E-state index contributed by atoms with van der Waals surface area (Å²) in [6, 6.07) is 6.21. The predicted octanol–water partition coefficient (Wildman–Crippen LogP) is 0.685. The van der Waals surface area contributed by atoms with Crippen molar-refractivity contribution in [3.63, 3.8) is 0 Å². The molecule has 0 aliphatic carbocycles. The lowest BCUT2D eigenvalue weighted by atomic mass is 10.2. The van der Waals surface area contributed by atoms with Gasteiger partial charge in [0, 0.05) is 18.7 Å².